The van der Waals surface area contributed by atoms with Crippen LogP contribution in [0.5, 0.6) is 0 Å². The van der Waals surface area contributed by atoms with Gasteiger partial charge in [0.2, 0.25) is 0 Å². The molecular weight excluding hydrogens is 254 g/mol. The van der Waals surface area contributed by atoms with Gasteiger partial charge in [-0.2, -0.15) is 0 Å². The molecule has 2 N–H and O–H groups in total. The molecule has 0 bridgehead atoms. The summed E-state index contributed by atoms with van der Waals surface area (Å²) in [5.41, 5.74) is 0.627. The third-order valence-corrected chi connectivity index (χ3v) is 3.98. The number of nitrogens with one attached hydrogen (secondary N) is 1. The van der Waals surface area contributed by atoms with Gasteiger partial charge in [0.25, 0.3) is 0 Å². The van der Waals surface area contributed by atoms with E-state index < -0.39 is 5.97 Å². The van der Waals surface area contributed by atoms with E-state index in [0.29, 0.717) is 23.5 Å². The summed E-state index contributed by atoms with van der Waals surface area (Å²) in [5, 5.41) is 12.7. The molecule has 2 atom stereocenters. The highest BCUT2D eigenvalue weighted by Gasteiger charge is 2.24. The standard InChI is InChI=1S/C15H23N3O2/c1-9(2)14-16-8-12(13(18-14)15(19)20)17-11-7-5-4-6-10(11)3/h8-11,17H,4-7H2,1-3H3,(H,19,20). The van der Waals surface area contributed by atoms with E-state index in [1.54, 1.807) is 6.20 Å². The van der Waals surface area contributed by atoms with Crippen molar-refractivity contribution < 1.29 is 9.90 Å². The third kappa shape index (κ3) is 3.26. The minimum absolute atomic E-state index is 0.0847. The lowest BCUT2D eigenvalue weighted by molar-refractivity contribution is 0.0691. The highest BCUT2D eigenvalue weighted by Crippen LogP contribution is 2.27. The minimum Gasteiger partial charge on any atom is -0.476 e. The highest BCUT2D eigenvalue weighted by molar-refractivity contribution is 5.91. The van der Waals surface area contributed by atoms with Gasteiger partial charge in [0.05, 0.1) is 11.9 Å². The van der Waals surface area contributed by atoms with Crippen LogP contribution in [-0.2, 0) is 0 Å². The summed E-state index contributed by atoms with van der Waals surface area (Å²) in [6.45, 7) is 6.12. The van der Waals surface area contributed by atoms with Crippen molar-refractivity contribution >= 4 is 11.7 Å². The molecule has 1 aromatic heterocycles. The Morgan fingerprint density at radius 1 is 1.40 bits per heavy atom. The second kappa shape index (κ2) is 6.20. The van der Waals surface area contributed by atoms with Gasteiger partial charge in [0.15, 0.2) is 5.69 Å². The minimum atomic E-state index is -1.000. The molecule has 0 amide bonds. The van der Waals surface area contributed by atoms with Crippen LogP contribution in [0, 0.1) is 5.92 Å². The Kier molecular flexibility index (Phi) is 4.57. The van der Waals surface area contributed by atoms with Crippen molar-refractivity contribution in [3.63, 3.8) is 0 Å². The summed E-state index contributed by atoms with van der Waals surface area (Å²) in [7, 11) is 0. The fraction of sp³-hybridized carbons (Fsp3) is 0.667. The molecule has 1 aromatic rings. The van der Waals surface area contributed by atoms with E-state index in [1.807, 2.05) is 13.8 Å². The van der Waals surface area contributed by atoms with E-state index in [9.17, 15) is 9.90 Å². The summed E-state index contributed by atoms with van der Waals surface area (Å²) in [6, 6.07) is 0.315. The monoisotopic (exact) mass is 277 g/mol. The second-order valence-electron chi connectivity index (χ2n) is 5.96. The average Bonchev–Trinajstić information content (AvgIpc) is 2.41. The molecule has 1 heterocycles. The molecule has 2 rings (SSSR count). The van der Waals surface area contributed by atoms with Crippen molar-refractivity contribution in [2.45, 2.75) is 58.4 Å². The van der Waals surface area contributed by atoms with Gasteiger partial charge >= 0.3 is 5.97 Å². The molecule has 1 fully saturated rings. The Morgan fingerprint density at radius 3 is 2.70 bits per heavy atom. The quantitative estimate of drug-likeness (QED) is 0.883. The molecule has 5 heteroatoms. The van der Waals surface area contributed by atoms with Crippen LogP contribution in [0.1, 0.15) is 68.7 Å². The van der Waals surface area contributed by atoms with Crippen LogP contribution in [0.15, 0.2) is 6.20 Å². The number of hydrogen-bond donors (Lipinski definition) is 2. The van der Waals surface area contributed by atoms with Crippen molar-refractivity contribution in [2.24, 2.45) is 5.92 Å². The van der Waals surface area contributed by atoms with Crippen molar-refractivity contribution in [2.75, 3.05) is 5.32 Å². The smallest absolute Gasteiger partial charge is 0.356 e. The normalized spacial score (nSPS) is 22.8. The average molecular weight is 277 g/mol. The molecular formula is C15H23N3O2. The molecule has 1 saturated carbocycles. The zero-order chi connectivity index (χ0) is 14.7. The van der Waals surface area contributed by atoms with E-state index >= 15 is 0 Å². The number of hydrogen-bond acceptors (Lipinski definition) is 4. The topological polar surface area (TPSA) is 75.1 Å². The molecule has 1 aliphatic rings. The molecule has 2 unspecified atom stereocenters. The number of nitrogens with zero attached hydrogens (tertiary/aromatic N) is 2. The predicted octanol–water partition coefficient (Wildman–Crippen LogP) is 3.29. The first-order chi connectivity index (χ1) is 9.49. The zero-order valence-electron chi connectivity index (χ0n) is 12.4. The lowest BCUT2D eigenvalue weighted by atomic mass is 9.86. The first-order valence-electron chi connectivity index (χ1n) is 7.35. The van der Waals surface area contributed by atoms with Crippen LogP contribution in [0.25, 0.3) is 0 Å². The Labute approximate surface area is 119 Å². The van der Waals surface area contributed by atoms with Gasteiger partial charge in [-0.1, -0.05) is 33.6 Å². The molecule has 0 saturated heterocycles. The van der Waals surface area contributed by atoms with Crippen molar-refractivity contribution in [1.82, 2.24) is 9.97 Å². The Morgan fingerprint density at radius 2 is 2.10 bits per heavy atom. The number of aromatic nitrogens is 2. The number of aromatic carboxylic acids is 1. The molecule has 0 spiro atoms. The van der Waals surface area contributed by atoms with E-state index in [4.69, 9.17) is 0 Å². The first kappa shape index (κ1) is 14.8. The summed E-state index contributed by atoms with van der Waals surface area (Å²) in [4.78, 5) is 19.9. The summed E-state index contributed by atoms with van der Waals surface area (Å²) in [6.07, 6.45) is 6.33. The molecule has 0 aliphatic heterocycles. The van der Waals surface area contributed by atoms with Crippen molar-refractivity contribution in [3.8, 4) is 0 Å². The SMILES string of the molecule is CC(C)c1ncc(NC2CCCCC2C)c(C(=O)O)n1. The number of carboxylic acid groups (broad SMARTS) is 1. The van der Waals surface area contributed by atoms with Gasteiger partial charge in [-0.15, -0.1) is 0 Å². The highest BCUT2D eigenvalue weighted by atomic mass is 16.4. The maximum Gasteiger partial charge on any atom is 0.356 e. The Balaban J connectivity index is 2.24. The van der Waals surface area contributed by atoms with E-state index in [1.165, 1.54) is 19.3 Å². The van der Waals surface area contributed by atoms with E-state index in [0.717, 1.165) is 6.42 Å². The van der Waals surface area contributed by atoms with Gasteiger partial charge in [0, 0.05) is 12.0 Å². The maximum atomic E-state index is 11.4. The Bertz CT molecular complexity index is 488. The lowest BCUT2D eigenvalue weighted by Gasteiger charge is -2.30. The third-order valence-electron chi connectivity index (χ3n) is 3.98. The van der Waals surface area contributed by atoms with Crippen LogP contribution < -0.4 is 5.32 Å². The van der Waals surface area contributed by atoms with E-state index in [2.05, 4.69) is 22.2 Å². The fourth-order valence-electron chi connectivity index (χ4n) is 2.67. The van der Waals surface area contributed by atoms with Gasteiger partial charge in [-0.25, -0.2) is 14.8 Å². The molecule has 1 aliphatic carbocycles. The second-order valence-corrected chi connectivity index (χ2v) is 5.96. The van der Waals surface area contributed by atoms with Crippen LogP contribution >= 0.6 is 0 Å². The predicted molar refractivity (Wildman–Crippen MR) is 78.1 cm³/mol. The molecule has 0 radical (unpaired) electrons. The van der Waals surface area contributed by atoms with Crippen LogP contribution in [0.2, 0.25) is 0 Å². The van der Waals surface area contributed by atoms with Gasteiger partial charge in [-0.05, 0) is 18.8 Å². The van der Waals surface area contributed by atoms with Gasteiger partial charge in [0.1, 0.15) is 5.82 Å². The number of anilines is 1. The molecule has 110 valence electrons. The van der Waals surface area contributed by atoms with Crippen LogP contribution in [0.3, 0.4) is 0 Å². The van der Waals surface area contributed by atoms with Crippen molar-refractivity contribution in [1.29, 1.82) is 0 Å². The van der Waals surface area contributed by atoms with Gasteiger partial charge in [-0.3, -0.25) is 0 Å². The van der Waals surface area contributed by atoms with Crippen LogP contribution in [-0.4, -0.2) is 27.1 Å². The maximum absolute atomic E-state index is 11.4. The molecule has 5 nitrogen and oxygen atoms in total. The lowest BCUT2D eigenvalue weighted by Crippen LogP contribution is -2.31. The summed E-state index contributed by atoms with van der Waals surface area (Å²) < 4.78 is 0. The first-order valence-corrected chi connectivity index (χ1v) is 7.35. The molecule has 0 aromatic carbocycles. The van der Waals surface area contributed by atoms with Gasteiger partial charge < -0.3 is 10.4 Å². The molecule has 20 heavy (non-hydrogen) atoms. The van der Waals surface area contributed by atoms with E-state index in [-0.39, 0.29) is 11.6 Å². The summed E-state index contributed by atoms with van der Waals surface area (Å²) >= 11 is 0. The fourth-order valence-corrected chi connectivity index (χ4v) is 2.67. The number of carboxylic acids is 1. The zero-order valence-corrected chi connectivity index (χ0v) is 12.4. The number of carbonyl (C=O) groups is 1. The summed E-state index contributed by atoms with van der Waals surface area (Å²) in [5.74, 6) is 0.246. The number of rotatable bonds is 4. The largest absolute Gasteiger partial charge is 0.476 e. The Hall–Kier alpha value is -1.65. The van der Waals surface area contributed by atoms with Crippen LogP contribution in [0.4, 0.5) is 5.69 Å². The van der Waals surface area contributed by atoms with Crippen molar-refractivity contribution in [3.05, 3.63) is 17.7 Å².